The van der Waals surface area contributed by atoms with Gasteiger partial charge in [-0.1, -0.05) is 24.3 Å². The highest BCUT2D eigenvalue weighted by Gasteiger charge is 2.18. The van der Waals surface area contributed by atoms with E-state index in [0.717, 1.165) is 0 Å². The smallest absolute Gasteiger partial charge is 0.242 e. The number of benzene rings is 2. The number of anilines is 1. The van der Waals surface area contributed by atoms with Crippen LogP contribution in [0.1, 0.15) is 5.56 Å². The lowest BCUT2D eigenvalue weighted by Crippen LogP contribution is -2.32. The third kappa shape index (κ3) is 3.33. The van der Waals surface area contributed by atoms with Gasteiger partial charge in [-0.15, -0.1) is 11.6 Å². The predicted molar refractivity (Wildman–Crippen MR) is 74.7 cm³/mol. The van der Waals surface area contributed by atoms with E-state index in [2.05, 4.69) is 0 Å². The van der Waals surface area contributed by atoms with E-state index in [4.69, 9.17) is 11.6 Å². The Kier molecular flexibility index (Phi) is 4.69. The van der Waals surface area contributed by atoms with Crippen LogP contribution in [0.2, 0.25) is 0 Å². The van der Waals surface area contributed by atoms with Crippen LogP contribution < -0.4 is 4.90 Å². The molecule has 0 aliphatic rings. The first-order valence-electron chi connectivity index (χ1n) is 5.97. The third-order valence-corrected chi connectivity index (χ3v) is 3.04. The number of carbonyl (C=O) groups is 1. The highest BCUT2D eigenvalue weighted by molar-refractivity contribution is 6.29. The first kappa shape index (κ1) is 14.5. The first-order chi connectivity index (χ1) is 9.61. The molecule has 2 aromatic rings. The lowest BCUT2D eigenvalue weighted by atomic mass is 10.2. The predicted octanol–water partition coefficient (Wildman–Crippen LogP) is 3.74. The standard InChI is InChI=1S/C15H12ClF2NO/c16-9-15(20)19(14-4-2-1-3-13(14)18)10-11-5-7-12(17)8-6-11/h1-8H,9-10H2. The molecule has 0 N–H and O–H groups in total. The Balaban J connectivity index is 2.31. The fourth-order valence-electron chi connectivity index (χ4n) is 1.82. The quantitative estimate of drug-likeness (QED) is 0.787. The van der Waals surface area contributed by atoms with Crippen molar-refractivity contribution in [2.75, 3.05) is 10.8 Å². The second-order valence-electron chi connectivity index (χ2n) is 4.19. The molecule has 0 saturated carbocycles. The van der Waals surface area contributed by atoms with E-state index in [-0.39, 0.29) is 23.9 Å². The van der Waals surface area contributed by atoms with E-state index in [0.29, 0.717) is 5.56 Å². The maximum atomic E-state index is 13.8. The molecule has 5 heteroatoms. The number of halogens is 3. The van der Waals surface area contributed by atoms with Gasteiger partial charge in [-0.05, 0) is 29.8 Å². The van der Waals surface area contributed by atoms with E-state index in [9.17, 15) is 13.6 Å². The summed E-state index contributed by atoms with van der Waals surface area (Å²) < 4.78 is 26.7. The van der Waals surface area contributed by atoms with Crippen molar-refractivity contribution in [2.24, 2.45) is 0 Å². The van der Waals surface area contributed by atoms with Crippen LogP contribution in [0.3, 0.4) is 0 Å². The minimum atomic E-state index is -0.506. The number of carbonyl (C=O) groups excluding carboxylic acids is 1. The molecule has 0 fully saturated rings. The van der Waals surface area contributed by atoms with E-state index in [1.165, 1.54) is 29.2 Å². The molecular weight excluding hydrogens is 284 g/mol. The molecule has 20 heavy (non-hydrogen) atoms. The number of amides is 1. The minimum Gasteiger partial charge on any atom is -0.304 e. The van der Waals surface area contributed by atoms with Crippen LogP contribution in [0.25, 0.3) is 0 Å². The minimum absolute atomic E-state index is 0.132. The molecule has 1 amide bonds. The van der Waals surface area contributed by atoms with Gasteiger partial charge in [0, 0.05) is 0 Å². The summed E-state index contributed by atoms with van der Waals surface area (Å²) in [4.78, 5) is 13.1. The van der Waals surface area contributed by atoms with Gasteiger partial charge in [0.2, 0.25) is 5.91 Å². The van der Waals surface area contributed by atoms with Gasteiger partial charge in [-0.25, -0.2) is 8.78 Å². The van der Waals surface area contributed by atoms with Crippen molar-refractivity contribution in [1.82, 2.24) is 0 Å². The molecule has 0 atom stereocenters. The van der Waals surface area contributed by atoms with Gasteiger partial charge in [-0.2, -0.15) is 0 Å². The van der Waals surface area contributed by atoms with Gasteiger partial charge in [0.05, 0.1) is 12.2 Å². The summed E-state index contributed by atoms with van der Waals surface area (Å²) in [7, 11) is 0. The van der Waals surface area contributed by atoms with E-state index < -0.39 is 11.7 Å². The van der Waals surface area contributed by atoms with Crippen molar-refractivity contribution in [2.45, 2.75) is 6.54 Å². The monoisotopic (exact) mass is 295 g/mol. The molecule has 0 radical (unpaired) electrons. The van der Waals surface area contributed by atoms with Crippen LogP contribution >= 0.6 is 11.6 Å². The van der Waals surface area contributed by atoms with Crippen LogP contribution in [0.4, 0.5) is 14.5 Å². The van der Waals surface area contributed by atoms with Crippen molar-refractivity contribution in [3.63, 3.8) is 0 Å². The molecular formula is C15H12ClF2NO. The Morgan fingerprint density at radius 1 is 1.05 bits per heavy atom. The average molecular weight is 296 g/mol. The van der Waals surface area contributed by atoms with Crippen LogP contribution in [0.15, 0.2) is 48.5 Å². The molecule has 0 spiro atoms. The largest absolute Gasteiger partial charge is 0.304 e. The lowest BCUT2D eigenvalue weighted by Gasteiger charge is -2.22. The van der Waals surface area contributed by atoms with E-state index in [1.54, 1.807) is 24.3 Å². The van der Waals surface area contributed by atoms with Crippen LogP contribution in [-0.2, 0) is 11.3 Å². The molecule has 0 unspecified atom stereocenters. The molecule has 0 aliphatic heterocycles. The number of para-hydroxylation sites is 1. The zero-order valence-electron chi connectivity index (χ0n) is 10.5. The van der Waals surface area contributed by atoms with Crippen molar-refractivity contribution in [3.05, 3.63) is 65.7 Å². The molecule has 2 aromatic carbocycles. The van der Waals surface area contributed by atoms with Crippen molar-refractivity contribution < 1.29 is 13.6 Å². The number of alkyl halides is 1. The highest BCUT2D eigenvalue weighted by atomic mass is 35.5. The highest BCUT2D eigenvalue weighted by Crippen LogP contribution is 2.21. The average Bonchev–Trinajstić information content (AvgIpc) is 2.47. The normalized spacial score (nSPS) is 10.3. The third-order valence-electron chi connectivity index (χ3n) is 2.81. The van der Waals surface area contributed by atoms with Crippen LogP contribution in [-0.4, -0.2) is 11.8 Å². The number of nitrogens with zero attached hydrogens (tertiary/aromatic N) is 1. The van der Waals surface area contributed by atoms with Crippen LogP contribution in [0, 0.1) is 11.6 Å². The maximum absolute atomic E-state index is 13.8. The Bertz CT molecular complexity index is 601. The number of hydrogen-bond donors (Lipinski definition) is 0. The Hall–Kier alpha value is -1.94. The summed E-state index contributed by atoms with van der Waals surface area (Å²) in [5, 5.41) is 0. The fraction of sp³-hybridized carbons (Fsp3) is 0.133. The first-order valence-corrected chi connectivity index (χ1v) is 6.50. The van der Waals surface area contributed by atoms with Crippen molar-refractivity contribution in [3.8, 4) is 0 Å². The molecule has 104 valence electrons. The molecule has 0 aliphatic carbocycles. The van der Waals surface area contributed by atoms with Gasteiger partial charge < -0.3 is 4.90 Å². The van der Waals surface area contributed by atoms with Crippen molar-refractivity contribution >= 4 is 23.2 Å². The summed E-state index contributed by atoms with van der Waals surface area (Å²) >= 11 is 5.57. The van der Waals surface area contributed by atoms with Gasteiger partial charge in [0.25, 0.3) is 0 Å². The Morgan fingerprint density at radius 3 is 2.30 bits per heavy atom. The van der Waals surface area contributed by atoms with Crippen molar-refractivity contribution in [1.29, 1.82) is 0 Å². The maximum Gasteiger partial charge on any atom is 0.242 e. The van der Waals surface area contributed by atoms with Gasteiger partial charge in [0.1, 0.15) is 17.5 Å². The lowest BCUT2D eigenvalue weighted by molar-refractivity contribution is -0.116. The molecule has 0 bridgehead atoms. The second kappa shape index (κ2) is 6.48. The summed E-state index contributed by atoms with van der Waals surface area (Å²) in [5.74, 6) is -1.54. The zero-order valence-corrected chi connectivity index (χ0v) is 11.3. The van der Waals surface area contributed by atoms with Gasteiger partial charge in [0.15, 0.2) is 0 Å². The topological polar surface area (TPSA) is 20.3 Å². The summed E-state index contributed by atoms with van der Waals surface area (Å²) in [6, 6.07) is 11.6. The van der Waals surface area contributed by atoms with E-state index >= 15 is 0 Å². The van der Waals surface area contributed by atoms with Gasteiger partial charge >= 0.3 is 0 Å². The number of hydrogen-bond acceptors (Lipinski definition) is 1. The molecule has 2 rings (SSSR count). The Labute approximate surface area is 120 Å². The Morgan fingerprint density at radius 2 is 1.70 bits per heavy atom. The molecule has 0 aromatic heterocycles. The molecule has 0 saturated heterocycles. The SMILES string of the molecule is O=C(CCl)N(Cc1ccc(F)cc1)c1ccccc1F. The molecule has 0 heterocycles. The zero-order chi connectivity index (χ0) is 14.5. The summed E-state index contributed by atoms with van der Waals surface area (Å²) in [6.07, 6.45) is 0. The van der Waals surface area contributed by atoms with Gasteiger partial charge in [-0.3, -0.25) is 4.79 Å². The molecule has 2 nitrogen and oxygen atoms in total. The number of rotatable bonds is 4. The second-order valence-corrected chi connectivity index (χ2v) is 4.46. The summed E-state index contributed by atoms with van der Waals surface area (Å²) in [6.45, 7) is 0.132. The summed E-state index contributed by atoms with van der Waals surface area (Å²) in [5.41, 5.74) is 0.843. The fourth-order valence-corrected chi connectivity index (χ4v) is 1.97. The van der Waals surface area contributed by atoms with E-state index in [1.807, 2.05) is 0 Å². The van der Waals surface area contributed by atoms with Crippen LogP contribution in [0.5, 0.6) is 0 Å².